The minimum atomic E-state index is -0.471. The van der Waals surface area contributed by atoms with Crippen molar-refractivity contribution in [3.05, 3.63) is 29.8 Å². The molecule has 1 fully saturated rings. The quantitative estimate of drug-likeness (QED) is 0.663. The third kappa shape index (κ3) is 6.71. The lowest BCUT2D eigenvalue weighted by Crippen LogP contribution is -2.40. The van der Waals surface area contributed by atoms with Crippen molar-refractivity contribution >= 4 is 29.3 Å². The summed E-state index contributed by atoms with van der Waals surface area (Å²) < 4.78 is 0. The zero-order valence-corrected chi connectivity index (χ0v) is 15.7. The van der Waals surface area contributed by atoms with Crippen LogP contribution < -0.4 is 16.4 Å². The second-order valence-corrected chi connectivity index (χ2v) is 7.62. The van der Waals surface area contributed by atoms with Gasteiger partial charge in [0.2, 0.25) is 11.8 Å². The Morgan fingerprint density at radius 2 is 2.04 bits per heavy atom. The molecular formula is C19H29N3O2S. The van der Waals surface area contributed by atoms with Crippen LogP contribution in [0.1, 0.15) is 44.1 Å². The van der Waals surface area contributed by atoms with Gasteiger partial charge in [-0.15, -0.1) is 0 Å². The second kappa shape index (κ2) is 10.5. The Balaban J connectivity index is 1.83. The molecule has 2 amide bonds. The first-order chi connectivity index (χ1) is 12.1. The number of hydrogen-bond donors (Lipinski definition) is 3. The van der Waals surface area contributed by atoms with E-state index in [-0.39, 0.29) is 17.7 Å². The minimum absolute atomic E-state index is 0.111. The van der Waals surface area contributed by atoms with E-state index >= 15 is 0 Å². The molecule has 0 radical (unpaired) electrons. The van der Waals surface area contributed by atoms with Crippen molar-refractivity contribution < 1.29 is 9.59 Å². The molecule has 6 heteroatoms. The molecule has 4 N–H and O–H groups in total. The normalized spacial score (nSPS) is 16.2. The molecule has 1 aromatic carbocycles. The largest absolute Gasteiger partial charge is 0.351 e. The zero-order chi connectivity index (χ0) is 18.1. The number of nitrogens with two attached hydrogens (primary N) is 1. The number of carbonyl (C=O) groups is 2. The molecule has 0 unspecified atom stereocenters. The first kappa shape index (κ1) is 19.8. The van der Waals surface area contributed by atoms with Crippen LogP contribution in [0.25, 0.3) is 0 Å². The molecule has 2 rings (SSSR count). The van der Waals surface area contributed by atoms with E-state index in [1.807, 2.05) is 30.5 Å². The fraction of sp³-hybridized carbons (Fsp3) is 0.579. The standard InChI is InChI=1S/C19H29N3O2S/c1-25-11-10-17(20)19(24)21-13-14-6-5-9-16(12-14)22-18(23)15-7-3-2-4-8-15/h5-6,9,12,15,17H,2-4,7-8,10-11,13,20H2,1H3,(H,21,24)(H,22,23)/t17-/m0/s1. The third-order valence-corrected chi connectivity index (χ3v) is 5.25. The van der Waals surface area contributed by atoms with Gasteiger partial charge in [0.25, 0.3) is 0 Å². The monoisotopic (exact) mass is 363 g/mol. The highest BCUT2D eigenvalue weighted by Crippen LogP contribution is 2.25. The summed E-state index contributed by atoms with van der Waals surface area (Å²) in [4.78, 5) is 24.3. The highest BCUT2D eigenvalue weighted by atomic mass is 32.2. The summed E-state index contributed by atoms with van der Waals surface area (Å²) in [5.41, 5.74) is 7.60. The Bertz CT molecular complexity index is 574. The van der Waals surface area contributed by atoms with E-state index in [9.17, 15) is 9.59 Å². The van der Waals surface area contributed by atoms with Crippen molar-refractivity contribution in [1.29, 1.82) is 0 Å². The number of carbonyl (C=O) groups excluding carboxylic acids is 2. The Hall–Kier alpha value is -1.53. The Kier molecular flexibility index (Phi) is 8.28. The van der Waals surface area contributed by atoms with Crippen LogP contribution in [0.2, 0.25) is 0 Å². The molecule has 25 heavy (non-hydrogen) atoms. The fourth-order valence-electron chi connectivity index (χ4n) is 3.06. The van der Waals surface area contributed by atoms with E-state index in [4.69, 9.17) is 5.73 Å². The van der Waals surface area contributed by atoms with Crippen LogP contribution in [0.5, 0.6) is 0 Å². The van der Waals surface area contributed by atoms with Crippen LogP contribution in [-0.4, -0.2) is 29.9 Å². The van der Waals surface area contributed by atoms with Gasteiger partial charge in [-0.2, -0.15) is 11.8 Å². The van der Waals surface area contributed by atoms with Gasteiger partial charge < -0.3 is 16.4 Å². The fourth-order valence-corrected chi connectivity index (χ4v) is 3.55. The first-order valence-electron chi connectivity index (χ1n) is 9.02. The van der Waals surface area contributed by atoms with E-state index in [0.29, 0.717) is 13.0 Å². The van der Waals surface area contributed by atoms with Gasteiger partial charge in [-0.05, 0) is 49.0 Å². The number of rotatable bonds is 8. The summed E-state index contributed by atoms with van der Waals surface area (Å²) in [5.74, 6) is 0.981. The van der Waals surface area contributed by atoms with Crippen LogP contribution in [0.3, 0.4) is 0 Å². The molecule has 1 saturated carbocycles. The summed E-state index contributed by atoms with van der Waals surface area (Å²) in [6.45, 7) is 0.416. The Morgan fingerprint density at radius 1 is 1.28 bits per heavy atom. The molecule has 0 spiro atoms. The summed E-state index contributed by atoms with van der Waals surface area (Å²) in [6.07, 6.45) is 8.15. The van der Waals surface area contributed by atoms with Gasteiger partial charge in [0.05, 0.1) is 6.04 Å². The lowest BCUT2D eigenvalue weighted by Gasteiger charge is -2.21. The number of nitrogens with one attached hydrogen (secondary N) is 2. The maximum atomic E-state index is 12.3. The molecule has 0 heterocycles. The van der Waals surface area contributed by atoms with Crippen molar-refractivity contribution in [3.63, 3.8) is 0 Å². The van der Waals surface area contributed by atoms with E-state index in [2.05, 4.69) is 10.6 Å². The van der Waals surface area contributed by atoms with Crippen molar-refractivity contribution in [1.82, 2.24) is 5.32 Å². The molecule has 0 saturated heterocycles. The topological polar surface area (TPSA) is 84.2 Å². The summed E-state index contributed by atoms with van der Waals surface area (Å²) in [7, 11) is 0. The maximum Gasteiger partial charge on any atom is 0.237 e. The van der Waals surface area contributed by atoms with Crippen molar-refractivity contribution in [3.8, 4) is 0 Å². The van der Waals surface area contributed by atoms with E-state index in [1.54, 1.807) is 11.8 Å². The third-order valence-electron chi connectivity index (χ3n) is 4.61. The van der Waals surface area contributed by atoms with Gasteiger partial charge in [0, 0.05) is 18.2 Å². The van der Waals surface area contributed by atoms with Crippen molar-refractivity contribution in [2.24, 2.45) is 11.7 Å². The molecule has 0 aromatic heterocycles. The predicted molar refractivity (Wildman–Crippen MR) is 104 cm³/mol. The van der Waals surface area contributed by atoms with Gasteiger partial charge in [-0.3, -0.25) is 9.59 Å². The van der Waals surface area contributed by atoms with E-state index in [1.165, 1.54) is 6.42 Å². The lowest BCUT2D eigenvalue weighted by molar-refractivity contribution is -0.122. The lowest BCUT2D eigenvalue weighted by atomic mass is 9.88. The maximum absolute atomic E-state index is 12.3. The Labute approximate surface area is 154 Å². The van der Waals surface area contributed by atoms with E-state index in [0.717, 1.165) is 42.7 Å². The second-order valence-electron chi connectivity index (χ2n) is 6.63. The average Bonchev–Trinajstić information content (AvgIpc) is 2.65. The molecule has 1 aliphatic carbocycles. The highest BCUT2D eigenvalue weighted by molar-refractivity contribution is 7.98. The van der Waals surface area contributed by atoms with Crippen molar-refractivity contribution in [2.45, 2.75) is 51.1 Å². The molecule has 0 aliphatic heterocycles. The van der Waals surface area contributed by atoms with Crippen LogP contribution in [0, 0.1) is 5.92 Å². The molecule has 1 aliphatic rings. The molecule has 138 valence electrons. The molecule has 1 aromatic rings. The highest BCUT2D eigenvalue weighted by Gasteiger charge is 2.21. The number of thioether (sulfide) groups is 1. The first-order valence-corrected chi connectivity index (χ1v) is 10.4. The number of amides is 2. The van der Waals surface area contributed by atoms with E-state index < -0.39 is 6.04 Å². The van der Waals surface area contributed by atoms with Gasteiger partial charge in [-0.1, -0.05) is 31.4 Å². The molecule has 0 bridgehead atoms. The number of anilines is 1. The SMILES string of the molecule is CSCC[C@H](N)C(=O)NCc1cccc(NC(=O)C2CCCCC2)c1. The molecule has 5 nitrogen and oxygen atoms in total. The summed E-state index contributed by atoms with van der Waals surface area (Å²) in [5, 5.41) is 5.88. The van der Waals surface area contributed by atoms with Gasteiger partial charge in [0.15, 0.2) is 0 Å². The predicted octanol–water partition coefficient (Wildman–Crippen LogP) is 2.90. The smallest absolute Gasteiger partial charge is 0.237 e. The number of benzene rings is 1. The zero-order valence-electron chi connectivity index (χ0n) is 14.9. The molecular weight excluding hydrogens is 334 g/mol. The Morgan fingerprint density at radius 3 is 2.76 bits per heavy atom. The van der Waals surface area contributed by atoms with Gasteiger partial charge in [0.1, 0.15) is 0 Å². The summed E-state index contributed by atoms with van der Waals surface area (Å²) >= 11 is 1.68. The van der Waals surface area contributed by atoms with Crippen LogP contribution in [0.4, 0.5) is 5.69 Å². The summed E-state index contributed by atoms with van der Waals surface area (Å²) in [6, 6.07) is 7.15. The minimum Gasteiger partial charge on any atom is -0.351 e. The molecule has 1 atom stereocenters. The van der Waals surface area contributed by atoms with Gasteiger partial charge in [-0.25, -0.2) is 0 Å². The van der Waals surface area contributed by atoms with Crippen LogP contribution in [-0.2, 0) is 16.1 Å². The van der Waals surface area contributed by atoms with Crippen LogP contribution >= 0.6 is 11.8 Å². The average molecular weight is 364 g/mol. The van der Waals surface area contributed by atoms with Gasteiger partial charge >= 0.3 is 0 Å². The van der Waals surface area contributed by atoms with Crippen LogP contribution in [0.15, 0.2) is 24.3 Å². The van der Waals surface area contributed by atoms with Crippen molar-refractivity contribution in [2.75, 3.05) is 17.3 Å². The number of hydrogen-bond acceptors (Lipinski definition) is 4.